The summed E-state index contributed by atoms with van der Waals surface area (Å²) in [4.78, 5) is 16.7. The van der Waals surface area contributed by atoms with E-state index in [0.29, 0.717) is 43.6 Å². The first kappa shape index (κ1) is 17.3. The van der Waals surface area contributed by atoms with Gasteiger partial charge in [-0.15, -0.1) is 0 Å². The number of halogens is 3. The summed E-state index contributed by atoms with van der Waals surface area (Å²) in [5, 5.41) is 4.35. The third kappa shape index (κ3) is 3.44. The number of amides is 1. The molecule has 8 heteroatoms. The molecule has 0 atom stereocenters. The molecule has 4 nitrogen and oxygen atoms in total. The number of rotatable bonds is 4. The molecule has 1 aromatic heterocycles. The normalized spacial score (nSPS) is 10.8. The van der Waals surface area contributed by atoms with Crippen LogP contribution in [0.15, 0.2) is 30.3 Å². The Labute approximate surface area is 157 Å². The Bertz CT molecular complexity index is 927. The summed E-state index contributed by atoms with van der Waals surface area (Å²) in [5.74, 6) is 0.221. The third-order valence-electron chi connectivity index (χ3n) is 3.17. The molecule has 0 radical (unpaired) electrons. The number of aromatic nitrogens is 1. The van der Waals surface area contributed by atoms with Crippen LogP contribution < -0.4 is 10.1 Å². The molecule has 24 heavy (non-hydrogen) atoms. The first-order valence-electron chi connectivity index (χ1n) is 6.98. The molecule has 0 bridgehead atoms. The lowest BCUT2D eigenvalue weighted by Crippen LogP contribution is -2.11. The minimum absolute atomic E-state index is 0.318. The van der Waals surface area contributed by atoms with Gasteiger partial charge in [0.05, 0.1) is 26.4 Å². The van der Waals surface area contributed by atoms with Crippen molar-refractivity contribution in [2.75, 3.05) is 11.9 Å². The highest BCUT2D eigenvalue weighted by Gasteiger charge is 2.14. The Hall–Kier alpha value is -1.53. The second kappa shape index (κ2) is 7.15. The summed E-state index contributed by atoms with van der Waals surface area (Å²) in [6, 6.07) is 8.37. The number of hydrogen-bond donors (Lipinski definition) is 1. The number of benzene rings is 2. The Morgan fingerprint density at radius 2 is 2.00 bits per heavy atom. The molecule has 0 aliphatic heterocycles. The van der Waals surface area contributed by atoms with Crippen LogP contribution in [0, 0.1) is 0 Å². The number of hydrogen-bond acceptors (Lipinski definition) is 4. The second-order valence-electron chi connectivity index (χ2n) is 4.76. The van der Waals surface area contributed by atoms with Gasteiger partial charge < -0.3 is 4.74 Å². The van der Waals surface area contributed by atoms with Gasteiger partial charge in [-0.3, -0.25) is 10.1 Å². The van der Waals surface area contributed by atoms with Crippen LogP contribution in [-0.4, -0.2) is 17.5 Å². The van der Waals surface area contributed by atoms with Crippen LogP contribution in [0.2, 0.25) is 15.1 Å². The minimum atomic E-state index is -0.318. The van der Waals surface area contributed by atoms with Crippen molar-refractivity contribution in [2.24, 2.45) is 0 Å². The molecule has 0 aliphatic carbocycles. The molecule has 3 rings (SSSR count). The first-order valence-corrected chi connectivity index (χ1v) is 8.93. The zero-order valence-electron chi connectivity index (χ0n) is 12.4. The van der Waals surface area contributed by atoms with E-state index in [2.05, 4.69) is 10.3 Å². The molecular weight excluding hydrogens is 391 g/mol. The Morgan fingerprint density at radius 1 is 1.21 bits per heavy atom. The predicted octanol–water partition coefficient (Wildman–Crippen LogP) is 5.91. The molecule has 1 heterocycles. The van der Waals surface area contributed by atoms with Crippen LogP contribution >= 0.6 is 46.1 Å². The number of carbonyl (C=O) groups is 1. The largest absolute Gasteiger partial charge is 0.492 e. The summed E-state index contributed by atoms with van der Waals surface area (Å²) < 4.78 is 6.19. The van der Waals surface area contributed by atoms with E-state index in [-0.39, 0.29) is 5.91 Å². The van der Waals surface area contributed by atoms with Gasteiger partial charge in [0.1, 0.15) is 11.3 Å². The Balaban J connectivity index is 1.84. The molecule has 1 amide bonds. The van der Waals surface area contributed by atoms with Crippen molar-refractivity contribution >= 4 is 67.4 Å². The fourth-order valence-corrected chi connectivity index (χ4v) is 3.59. The van der Waals surface area contributed by atoms with Gasteiger partial charge >= 0.3 is 0 Å². The minimum Gasteiger partial charge on any atom is -0.492 e. The van der Waals surface area contributed by atoms with Crippen molar-refractivity contribution in [1.82, 2.24) is 4.98 Å². The van der Waals surface area contributed by atoms with E-state index in [0.717, 1.165) is 4.70 Å². The van der Waals surface area contributed by atoms with Gasteiger partial charge in [0.2, 0.25) is 0 Å². The molecule has 1 N–H and O–H groups in total. The molecule has 124 valence electrons. The predicted molar refractivity (Wildman–Crippen MR) is 100 cm³/mol. The summed E-state index contributed by atoms with van der Waals surface area (Å²) in [6.07, 6.45) is 0. The van der Waals surface area contributed by atoms with Crippen molar-refractivity contribution in [2.45, 2.75) is 6.92 Å². The summed E-state index contributed by atoms with van der Waals surface area (Å²) in [6.45, 7) is 2.36. The van der Waals surface area contributed by atoms with Crippen LogP contribution in [0.4, 0.5) is 5.13 Å². The van der Waals surface area contributed by atoms with Gasteiger partial charge in [-0.25, -0.2) is 4.98 Å². The fourth-order valence-electron chi connectivity index (χ4n) is 2.07. The topological polar surface area (TPSA) is 51.2 Å². The maximum atomic E-state index is 12.4. The average Bonchev–Trinajstić information content (AvgIpc) is 2.96. The highest BCUT2D eigenvalue weighted by Crippen LogP contribution is 2.35. The Kier molecular flexibility index (Phi) is 5.15. The monoisotopic (exact) mass is 400 g/mol. The van der Waals surface area contributed by atoms with Crippen molar-refractivity contribution in [3.63, 3.8) is 0 Å². The van der Waals surface area contributed by atoms with Crippen molar-refractivity contribution in [3.8, 4) is 5.75 Å². The molecule has 2 aromatic carbocycles. The molecule has 0 aliphatic rings. The van der Waals surface area contributed by atoms with Crippen molar-refractivity contribution < 1.29 is 9.53 Å². The molecular formula is C16H11Cl3N2O2S. The third-order valence-corrected chi connectivity index (χ3v) is 5.19. The molecule has 0 unspecified atom stereocenters. The number of thiazole rings is 1. The number of carbonyl (C=O) groups excluding carboxylic acids is 1. The Morgan fingerprint density at radius 3 is 2.71 bits per heavy atom. The van der Waals surface area contributed by atoms with E-state index in [9.17, 15) is 4.79 Å². The number of ether oxygens (including phenoxy) is 1. The van der Waals surface area contributed by atoms with Crippen LogP contribution in [-0.2, 0) is 0 Å². The van der Waals surface area contributed by atoms with E-state index < -0.39 is 0 Å². The van der Waals surface area contributed by atoms with Gasteiger partial charge in [-0.05, 0) is 37.3 Å². The zero-order valence-corrected chi connectivity index (χ0v) is 15.5. The summed E-state index contributed by atoms with van der Waals surface area (Å²) >= 11 is 19.5. The van der Waals surface area contributed by atoms with E-state index >= 15 is 0 Å². The molecule has 0 fully saturated rings. The van der Waals surface area contributed by atoms with E-state index in [1.165, 1.54) is 11.3 Å². The van der Waals surface area contributed by atoms with Crippen LogP contribution in [0.5, 0.6) is 5.75 Å². The number of fused-ring (bicyclic) bond motifs is 1. The summed E-state index contributed by atoms with van der Waals surface area (Å²) in [5.41, 5.74) is 0.973. The van der Waals surface area contributed by atoms with Gasteiger partial charge in [0.25, 0.3) is 5.91 Å². The standard InChI is InChI=1S/C16H11Cl3N2O2S/c1-2-23-11-5-3-8(7-10(11)18)15(22)21-16-20-14-12(24-16)6-4-9(17)13(14)19/h3-7H,2H2,1H3,(H,20,21,22). The molecule has 0 saturated carbocycles. The lowest BCUT2D eigenvalue weighted by molar-refractivity contribution is 0.102. The first-order chi connectivity index (χ1) is 11.5. The van der Waals surface area contributed by atoms with E-state index in [4.69, 9.17) is 39.5 Å². The van der Waals surface area contributed by atoms with Crippen molar-refractivity contribution in [1.29, 1.82) is 0 Å². The van der Waals surface area contributed by atoms with Crippen LogP contribution in [0.1, 0.15) is 17.3 Å². The maximum Gasteiger partial charge on any atom is 0.257 e. The quantitative estimate of drug-likeness (QED) is 0.591. The fraction of sp³-hybridized carbons (Fsp3) is 0.125. The lowest BCUT2D eigenvalue weighted by Gasteiger charge is -2.07. The highest BCUT2D eigenvalue weighted by molar-refractivity contribution is 7.22. The smallest absolute Gasteiger partial charge is 0.257 e. The molecule has 3 aromatic rings. The van der Waals surface area contributed by atoms with Crippen LogP contribution in [0.25, 0.3) is 10.2 Å². The maximum absolute atomic E-state index is 12.4. The van der Waals surface area contributed by atoms with Gasteiger partial charge in [0.15, 0.2) is 5.13 Å². The zero-order chi connectivity index (χ0) is 17.3. The molecule has 0 saturated heterocycles. The summed E-state index contributed by atoms with van der Waals surface area (Å²) in [7, 11) is 0. The highest BCUT2D eigenvalue weighted by atomic mass is 35.5. The molecule has 0 spiro atoms. The average molecular weight is 402 g/mol. The number of nitrogens with one attached hydrogen (secondary N) is 1. The number of anilines is 1. The second-order valence-corrected chi connectivity index (χ2v) is 6.98. The number of nitrogens with zero attached hydrogens (tertiary/aromatic N) is 1. The lowest BCUT2D eigenvalue weighted by atomic mass is 10.2. The van der Waals surface area contributed by atoms with E-state index in [1.807, 2.05) is 13.0 Å². The van der Waals surface area contributed by atoms with Gasteiger partial charge in [0, 0.05) is 5.56 Å². The van der Waals surface area contributed by atoms with E-state index in [1.54, 1.807) is 24.3 Å². The van der Waals surface area contributed by atoms with Crippen molar-refractivity contribution in [3.05, 3.63) is 51.0 Å². The van der Waals surface area contributed by atoms with Crippen LogP contribution in [0.3, 0.4) is 0 Å². The SMILES string of the molecule is CCOc1ccc(C(=O)Nc2nc3c(Cl)c(Cl)ccc3s2)cc1Cl. The van der Waals surface area contributed by atoms with Gasteiger partial charge in [-0.2, -0.15) is 0 Å². The van der Waals surface area contributed by atoms with Gasteiger partial charge in [-0.1, -0.05) is 46.1 Å².